The van der Waals surface area contributed by atoms with Crippen LogP contribution in [0.1, 0.15) is 29.3 Å². The summed E-state index contributed by atoms with van der Waals surface area (Å²) in [5.74, 6) is 0.248. The highest BCUT2D eigenvalue weighted by atomic mass is 16.6. The molecule has 0 heterocycles. The lowest BCUT2D eigenvalue weighted by molar-refractivity contribution is -0.143. The van der Waals surface area contributed by atoms with Gasteiger partial charge in [-0.3, -0.25) is 4.79 Å². The van der Waals surface area contributed by atoms with E-state index in [-0.39, 0.29) is 19.2 Å². The van der Waals surface area contributed by atoms with E-state index >= 15 is 0 Å². The molecule has 3 rings (SSSR count). The van der Waals surface area contributed by atoms with E-state index in [0.717, 1.165) is 11.1 Å². The molecular weight excluding hydrogens is 394 g/mol. The van der Waals surface area contributed by atoms with E-state index in [2.05, 4.69) is 6.07 Å². The van der Waals surface area contributed by atoms with Crippen molar-refractivity contribution in [2.45, 2.75) is 13.3 Å². The van der Waals surface area contributed by atoms with Crippen molar-refractivity contribution in [2.24, 2.45) is 0 Å². The van der Waals surface area contributed by atoms with Gasteiger partial charge in [-0.25, -0.2) is 4.79 Å². The molecule has 31 heavy (non-hydrogen) atoms. The normalized spacial score (nSPS) is 10.1. The summed E-state index contributed by atoms with van der Waals surface area (Å²) < 4.78 is 15.8. The second-order valence-corrected chi connectivity index (χ2v) is 6.55. The van der Waals surface area contributed by atoms with Crippen molar-refractivity contribution in [3.8, 4) is 28.7 Å². The van der Waals surface area contributed by atoms with Crippen molar-refractivity contribution in [2.75, 3.05) is 13.2 Å². The molecule has 0 atom stereocenters. The summed E-state index contributed by atoms with van der Waals surface area (Å²) in [6.07, 6.45) is 0.328. The van der Waals surface area contributed by atoms with Gasteiger partial charge in [-0.1, -0.05) is 31.2 Å². The van der Waals surface area contributed by atoms with Crippen LogP contribution in [0.2, 0.25) is 0 Å². The Morgan fingerprint density at radius 2 is 1.39 bits per heavy atom. The highest BCUT2D eigenvalue weighted by Crippen LogP contribution is 2.23. The predicted molar refractivity (Wildman–Crippen MR) is 115 cm³/mol. The number of hydrogen-bond acceptors (Lipinski definition) is 6. The van der Waals surface area contributed by atoms with E-state index < -0.39 is 5.97 Å². The van der Waals surface area contributed by atoms with Crippen LogP contribution in [0.3, 0.4) is 0 Å². The van der Waals surface area contributed by atoms with E-state index in [1.54, 1.807) is 55.5 Å². The van der Waals surface area contributed by atoms with Crippen LogP contribution < -0.4 is 9.47 Å². The quantitative estimate of drug-likeness (QED) is 0.299. The standard InChI is InChI=1S/C25H21NO5/c1-2-24(27)30-16-15-29-22-11-9-21(10-12-22)25(28)31-23-13-7-20(8-14-23)19-5-3-18(17-26)4-6-19/h3-14H,2,15-16H2,1H3. The molecule has 0 spiro atoms. The molecule has 0 amide bonds. The molecule has 0 aliphatic carbocycles. The fourth-order valence-corrected chi connectivity index (χ4v) is 2.72. The average Bonchev–Trinajstić information content (AvgIpc) is 2.82. The van der Waals surface area contributed by atoms with Crippen molar-refractivity contribution >= 4 is 11.9 Å². The Bertz CT molecular complexity index is 1060. The summed E-state index contributed by atoms with van der Waals surface area (Å²) in [7, 11) is 0. The smallest absolute Gasteiger partial charge is 0.343 e. The predicted octanol–water partition coefficient (Wildman–Crippen LogP) is 4.78. The number of nitriles is 1. The minimum Gasteiger partial charge on any atom is -0.490 e. The molecule has 6 nitrogen and oxygen atoms in total. The summed E-state index contributed by atoms with van der Waals surface area (Å²) in [5.41, 5.74) is 2.92. The van der Waals surface area contributed by atoms with E-state index in [4.69, 9.17) is 19.5 Å². The second kappa shape index (κ2) is 10.6. The topological polar surface area (TPSA) is 85.6 Å². The van der Waals surface area contributed by atoms with E-state index in [0.29, 0.717) is 29.0 Å². The van der Waals surface area contributed by atoms with Crippen LogP contribution in [0.5, 0.6) is 11.5 Å². The molecule has 0 aliphatic rings. The van der Waals surface area contributed by atoms with Crippen LogP contribution in [-0.4, -0.2) is 25.2 Å². The summed E-state index contributed by atoms with van der Waals surface area (Å²) in [6, 6.07) is 23.0. The van der Waals surface area contributed by atoms with Crippen molar-refractivity contribution < 1.29 is 23.8 Å². The van der Waals surface area contributed by atoms with Gasteiger partial charge in [0.1, 0.15) is 24.7 Å². The van der Waals surface area contributed by atoms with Gasteiger partial charge in [-0.15, -0.1) is 0 Å². The molecule has 0 saturated heterocycles. The number of hydrogen-bond donors (Lipinski definition) is 0. The van der Waals surface area contributed by atoms with Crippen LogP contribution >= 0.6 is 0 Å². The molecular formula is C25H21NO5. The zero-order valence-electron chi connectivity index (χ0n) is 17.0. The van der Waals surface area contributed by atoms with E-state index in [1.807, 2.05) is 24.3 Å². The third-order valence-electron chi connectivity index (χ3n) is 4.41. The van der Waals surface area contributed by atoms with Gasteiger partial charge in [0.25, 0.3) is 0 Å². The molecule has 0 aliphatic heterocycles. The fourth-order valence-electron chi connectivity index (χ4n) is 2.72. The Hall–Kier alpha value is -4.11. The first-order valence-corrected chi connectivity index (χ1v) is 9.80. The maximum Gasteiger partial charge on any atom is 0.343 e. The minimum absolute atomic E-state index is 0.176. The molecule has 156 valence electrons. The van der Waals surface area contributed by atoms with Gasteiger partial charge in [0.2, 0.25) is 0 Å². The average molecular weight is 415 g/mol. The highest BCUT2D eigenvalue weighted by Gasteiger charge is 2.09. The van der Waals surface area contributed by atoms with Gasteiger partial charge in [0.05, 0.1) is 17.2 Å². The Kier molecular flexibility index (Phi) is 7.39. The summed E-state index contributed by atoms with van der Waals surface area (Å²) in [5, 5.41) is 8.88. The number of nitrogens with zero attached hydrogens (tertiary/aromatic N) is 1. The lowest BCUT2D eigenvalue weighted by Crippen LogP contribution is -2.11. The van der Waals surface area contributed by atoms with Gasteiger partial charge in [-0.05, 0) is 59.7 Å². The first-order valence-electron chi connectivity index (χ1n) is 9.80. The minimum atomic E-state index is -0.477. The molecule has 0 aromatic heterocycles. The zero-order chi connectivity index (χ0) is 22.1. The molecule has 0 saturated carbocycles. The lowest BCUT2D eigenvalue weighted by Gasteiger charge is -2.08. The molecule has 3 aromatic rings. The number of ether oxygens (including phenoxy) is 3. The first kappa shape index (κ1) is 21.6. The van der Waals surface area contributed by atoms with Crippen LogP contribution in [0.15, 0.2) is 72.8 Å². The monoisotopic (exact) mass is 415 g/mol. The maximum absolute atomic E-state index is 12.4. The van der Waals surface area contributed by atoms with Crippen LogP contribution in [0.25, 0.3) is 11.1 Å². The Labute approximate surface area is 180 Å². The third kappa shape index (κ3) is 6.18. The van der Waals surface area contributed by atoms with Crippen LogP contribution in [0, 0.1) is 11.3 Å². The first-order chi connectivity index (χ1) is 15.1. The van der Waals surface area contributed by atoms with Crippen LogP contribution in [0.4, 0.5) is 0 Å². The zero-order valence-corrected chi connectivity index (χ0v) is 17.0. The number of esters is 2. The number of carbonyl (C=O) groups is 2. The second-order valence-electron chi connectivity index (χ2n) is 6.55. The maximum atomic E-state index is 12.4. The number of rotatable bonds is 8. The fraction of sp³-hybridized carbons (Fsp3) is 0.160. The molecule has 0 N–H and O–H groups in total. The van der Waals surface area contributed by atoms with Gasteiger partial charge in [0.15, 0.2) is 0 Å². The largest absolute Gasteiger partial charge is 0.490 e. The molecule has 6 heteroatoms. The summed E-state index contributed by atoms with van der Waals surface area (Å²) in [6.45, 7) is 2.14. The lowest BCUT2D eigenvalue weighted by atomic mass is 10.0. The molecule has 0 radical (unpaired) electrons. The van der Waals surface area contributed by atoms with Gasteiger partial charge < -0.3 is 14.2 Å². The van der Waals surface area contributed by atoms with Crippen molar-refractivity contribution in [3.05, 3.63) is 83.9 Å². The van der Waals surface area contributed by atoms with E-state index in [9.17, 15) is 9.59 Å². The highest BCUT2D eigenvalue weighted by molar-refractivity contribution is 5.91. The Morgan fingerprint density at radius 1 is 0.806 bits per heavy atom. The Balaban J connectivity index is 1.53. The van der Waals surface area contributed by atoms with Crippen LogP contribution in [-0.2, 0) is 9.53 Å². The summed E-state index contributed by atoms with van der Waals surface area (Å²) in [4.78, 5) is 23.4. The van der Waals surface area contributed by atoms with Gasteiger partial charge in [-0.2, -0.15) is 5.26 Å². The van der Waals surface area contributed by atoms with Gasteiger partial charge >= 0.3 is 11.9 Å². The summed E-state index contributed by atoms with van der Waals surface area (Å²) >= 11 is 0. The third-order valence-corrected chi connectivity index (χ3v) is 4.41. The van der Waals surface area contributed by atoms with Crippen molar-refractivity contribution in [3.63, 3.8) is 0 Å². The Morgan fingerprint density at radius 3 is 1.97 bits per heavy atom. The van der Waals surface area contributed by atoms with Crippen molar-refractivity contribution in [1.29, 1.82) is 5.26 Å². The molecule has 0 bridgehead atoms. The van der Waals surface area contributed by atoms with Gasteiger partial charge in [0, 0.05) is 6.42 Å². The number of benzene rings is 3. The SMILES string of the molecule is CCC(=O)OCCOc1ccc(C(=O)Oc2ccc(-c3ccc(C#N)cc3)cc2)cc1. The molecule has 0 unspecified atom stereocenters. The molecule has 0 fully saturated rings. The molecule has 3 aromatic carbocycles. The van der Waals surface area contributed by atoms with E-state index in [1.165, 1.54) is 0 Å². The number of carbonyl (C=O) groups excluding carboxylic acids is 2. The van der Waals surface area contributed by atoms with Crippen molar-refractivity contribution in [1.82, 2.24) is 0 Å².